The highest BCUT2D eigenvalue weighted by atomic mass is 32.2. The molecule has 0 aliphatic heterocycles. The van der Waals surface area contributed by atoms with E-state index in [4.69, 9.17) is 0 Å². The second-order valence-corrected chi connectivity index (χ2v) is 7.20. The standard InChI is InChI=1S/C16H23N3O2S/c1-5-6-7-14-8-10-15(11-9-14)22(20,21)18-16-12(2)17-19(4)13(16)3/h8-11,18H,5-7H2,1-4H3. The zero-order valence-electron chi connectivity index (χ0n) is 13.5. The number of aromatic nitrogens is 2. The molecule has 0 bridgehead atoms. The molecular formula is C16H23N3O2S. The lowest BCUT2D eigenvalue weighted by Crippen LogP contribution is -2.14. The maximum absolute atomic E-state index is 12.5. The first-order chi connectivity index (χ1) is 10.3. The maximum atomic E-state index is 12.5. The molecule has 0 amide bonds. The van der Waals surface area contributed by atoms with Crippen molar-refractivity contribution in [3.05, 3.63) is 41.2 Å². The van der Waals surface area contributed by atoms with Gasteiger partial charge in [0.15, 0.2) is 0 Å². The zero-order valence-corrected chi connectivity index (χ0v) is 14.4. The second kappa shape index (κ2) is 6.52. The van der Waals surface area contributed by atoms with Crippen LogP contribution in [0.25, 0.3) is 0 Å². The summed E-state index contributed by atoms with van der Waals surface area (Å²) in [7, 11) is -1.79. The molecule has 5 nitrogen and oxygen atoms in total. The van der Waals surface area contributed by atoms with Gasteiger partial charge in [-0.15, -0.1) is 0 Å². The Hall–Kier alpha value is -1.82. The molecular weight excluding hydrogens is 298 g/mol. The molecule has 2 aromatic rings. The predicted molar refractivity (Wildman–Crippen MR) is 88.5 cm³/mol. The quantitative estimate of drug-likeness (QED) is 0.888. The Morgan fingerprint density at radius 1 is 1.18 bits per heavy atom. The van der Waals surface area contributed by atoms with Gasteiger partial charge >= 0.3 is 0 Å². The molecule has 0 aliphatic carbocycles. The van der Waals surface area contributed by atoms with Crippen molar-refractivity contribution < 1.29 is 8.42 Å². The monoisotopic (exact) mass is 321 g/mol. The third kappa shape index (κ3) is 3.50. The largest absolute Gasteiger partial charge is 0.276 e. The van der Waals surface area contributed by atoms with Gasteiger partial charge in [0, 0.05) is 7.05 Å². The molecule has 1 heterocycles. The van der Waals surface area contributed by atoms with Crippen LogP contribution in [0.4, 0.5) is 5.69 Å². The van der Waals surface area contributed by atoms with E-state index >= 15 is 0 Å². The summed E-state index contributed by atoms with van der Waals surface area (Å²) in [4.78, 5) is 0.274. The molecule has 1 aromatic carbocycles. The molecule has 0 saturated heterocycles. The first kappa shape index (κ1) is 16.5. The normalized spacial score (nSPS) is 11.6. The Kier molecular flexibility index (Phi) is 4.90. The average molecular weight is 321 g/mol. The van der Waals surface area contributed by atoms with Gasteiger partial charge in [0.1, 0.15) is 0 Å². The number of sulfonamides is 1. The lowest BCUT2D eigenvalue weighted by molar-refractivity contribution is 0.601. The van der Waals surface area contributed by atoms with E-state index in [1.54, 1.807) is 30.8 Å². The van der Waals surface area contributed by atoms with Crippen molar-refractivity contribution in [2.75, 3.05) is 4.72 Å². The first-order valence-corrected chi connectivity index (χ1v) is 8.95. The van der Waals surface area contributed by atoms with E-state index in [2.05, 4.69) is 16.7 Å². The van der Waals surface area contributed by atoms with Crippen molar-refractivity contribution in [3.8, 4) is 0 Å². The summed E-state index contributed by atoms with van der Waals surface area (Å²) >= 11 is 0. The average Bonchev–Trinajstić information content (AvgIpc) is 2.72. The predicted octanol–water partition coefficient (Wildman–Crippen LogP) is 3.18. The fourth-order valence-corrected chi connectivity index (χ4v) is 3.51. The molecule has 120 valence electrons. The van der Waals surface area contributed by atoms with E-state index in [1.807, 2.05) is 19.1 Å². The first-order valence-electron chi connectivity index (χ1n) is 7.47. The molecule has 1 N–H and O–H groups in total. The number of nitrogens with one attached hydrogen (secondary N) is 1. The van der Waals surface area contributed by atoms with Gasteiger partial charge < -0.3 is 0 Å². The van der Waals surface area contributed by atoms with Crippen LogP contribution in [0.3, 0.4) is 0 Å². The third-order valence-corrected chi connectivity index (χ3v) is 5.16. The Balaban J connectivity index is 2.23. The third-order valence-electron chi connectivity index (χ3n) is 3.80. The summed E-state index contributed by atoms with van der Waals surface area (Å²) in [5, 5.41) is 4.23. The topological polar surface area (TPSA) is 64.0 Å². The minimum Gasteiger partial charge on any atom is -0.276 e. The zero-order chi connectivity index (χ0) is 16.3. The lowest BCUT2D eigenvalue weighted by atomic mass is 10.1. The van der Waals surface area contributed by atoms with Crippen molar-refractivity contribution >= 4 is 15.7 Å². The molecule has 0 atom stereocenters. The molecule has 0 aliphatic rings. The van der Waals surface area contributed by atoms with E-state index in [0.717, 1.165) is 30.5 Å². The van der Waals surface area contributed by atoms with Gasteiger partial charge in [-0.05, 0) is 44.4 Å². The van der Waals surface area contributed by atoms with Gasteiger partial charge in [0.25, 0.3) is 10.0 Å². The number of aryl methyl sites for hydroxylation is 3. The molecule has 0 radical (unpaired) electrons. The van der Waals surface area contributed by atoms with Crippen molar-refractivity contribution in [3.63, 3.8) is 0 Å². The highest BCUT2D eigenvalue weighted by Crippen LogP contribution is 2.23. The van der Waals surface area contributed by atoms with Crippen LogP contribution < -0.4 is 4.72 Å². The summed E-state index contributed by atoms with van der Waals surface area (Å²) in [5.74, 6) is 0. The van der Waals surface area contributed by atoms with Crippen LogP contribution in [0.15, 0.2) is 29.2 Å². The van der Waals surface area contributed by atoms with E-state index < -0.39 is 10.0 Å². The summed E-state index contributed by atoms with van der Waals surface area (Å²) in [6.45, 7) is 5.77. The van der Waals surface area contributed by atoms with Crippen molar-refractivity contribution in [1.29, 1.82) is 0 Å². The van der Waals surface area contributed by atoms with E-state index in [0.29, 0.717) is 11.4 Å². The molecule has 0 fully saturated rings. The molecule has 2 rings (SSSR count). The number of rotatable bonds is 6. The number of hydrogen-bond donors (Lipinski definition) is 1. The van der Waals surface area contributed by atoms with E-state index in [1.165, 1.54) is 0 Å². The van der Waals surface area contributed by atoms with Gasteiger partial charge in [-0.25, -0.2) is 8.42 Å². The number of unbranched alkanes of at least 4 members (excludes halogenated alkanes) is 1. The molecule has 0 unspecified atom stereocenters. The summed E-state index contributed by atoms with van der Waals surface area (Å²) in [5.41, 5.74) is 3.18. The Morgan fingerprint density at radius 2 is 1.82 bits per heavy atom. The number of nitrogens with zero attached hydrogens (tertiary/aromatic N) is 2. The van der Waals surface area contributed by atoms with E-state index in [-0.39, 0.29) is 4.90 Å². The molecule has 0 saturated carbocycles. The van der Waals surface area contributed by atoms with Gasteiger partial charge in [-0.1, -0.05) is 25.5 Å². The van der Waals surface area contributed by atoms with Crippen LogP contribution in [0.5, 0.6) is 0 Å². The van der Waals surface area contributed by atoms with Crippen LogP contribution in [0.2, 0.25) is 0 Å². The summed E-state index contributed by atoms with van der Waals surface area (Å²) < 4.78 is 29.3. The Labute approximate surface area is 132 Å². The summed E-state index contributed by atoms with van der Waals surface area (Å²) in [6, 6.07) is 7.09. The van der Waals surface area contributed by atoms with Crippen molar-refractivity contribution in [2.45, 2.75) is 44.9 Å². The van der Waals surface area contributed by atoms with E-state index in [9.17, 15) is 8.42 Å². The molecule has 1 aromatic heterocycles. The maximum Gasteiger partial charge on any atom is 0.262 e. The fraction of sp³-hybridized carbons (Fsp3) is 0.438. The van der Waals surface area contributed by atoms with Crippen molar-refractivity contribution in [1.82, 2.24) is 9.78 Å². The lowest BCUT2D eigenvalue weighted by Gasteiger charge is -2.09. The Bertz CT molecular complexity index is 746. The number of benzene rings is 1. The SMILES string of the molecule is CCCCc1ccc(S(=O)(=O)Nc2c(C)nn(C)c2C)cc1. The highest BCUT2D eigenvalue weighted by molar-refractivity contribution is 7.92. The van der Waals surface area contributed by atoms with Crippen LogP contribution in [0, 0.1) is 13.8 Å². The van der Waals surface area contributed by atoms with Crippen molar-refractivity contribution in [2.24, 2.45) is 7.05 Å². The number of anilines is 1. The van der Waals surface area contributed by atoms with Crippen LogP contribution in [-0.4, -0.2) is 18.2 Å². The van der Waals surface area contributed by atoms with Gasteiger partial charge in [-0.2, -0.15) is 5.10 Å². The van der Waals surface area contributed by atoms with Gasteiger partial charge in [0.2, 0.25) is 0 Å². The summed E-state index contributed by atoms with van der Waals surface area (Å²) in [6.07, 6.45) is 3.21. The van der Waals surface area contributed by atoms with Crippen LogP contribution in [0.1, 0.15) is 36.7 Å². The smallest absolute Gasteiger partial charge is 0.262 e. The Morgan fingerprint density at radius 3 is 2.32 bits per heavy atom. The molecule has 22 heavy (non-hydrogen) atoms. The fourth-order valence-electron chi connectivity index (χ4n) is 2.33. The highest BCUT2D eigenvalue weighted by Gasteiger charge is 2.19. The van der Waals surface area contributed by atoms with Gasteiger partial charge in [0.05, 0.1) is 22.0 Å². The minimum atomic E-state index is -3.59. The number of hydrogen-bond acceptors (Lipinski definition) is 3. The second-order valence-electron chi connectivity index (χ2n) is 5.52. The van der Waals surface area contributed by atoms with Gasteiger partial charge in [-0.3, -0.25) is 9.40 Å². The molecule has 0 spiro atoms. The molecule has 6 heteroatoms. The van der Waals surface area contributed by atoms with Crippen LogP contribution >= 0.6 is 0 Å². The minimum absolute atomic E-state index is 0.274. The van der Waals surface area contributed by atoms with Crippen LogP contribution in [-0.2, 0) is 23.5 Å².